The Morgan fingerprint density at radius 2 is 1.95 bits per heavy atom. The second kappa shape index (κ2) is 4.26. The van der Waals surface area contributed by atoms with E-state index >= 15 is 0 Å². The second-order valence-corrected chi connectivity index (χ2v) is 4.75. The lowest BCUT2D eigenvalue weighted by molar-refractivity contribution is 0.208. The maximum atomic E-state index is 9.58. The van der Waals surface area contributed by atoms with E-state index in [1.807, 2.05) is 42.5 Å². The van der Waals surface area contributed by atoms with Crippen LogP contribution >= 0.6 is 0 Å². The zero-order chi connectivity index (χ0) is 13.3. The summed E-state index contributed by atoms with van der Waals surface area (Å²) in [6.07, 6.45) is 6.24. The first kappa shape index (κ1) is 11.5. The Morgan fingerprint density at radius 1 is 1.21 bits per heavy atom. The van der Waals surface area contributed by atoms with Crippen molar-refractivity contribution in [3.63, 3.8) is 0 Å². The van der Waals surface area contributed by atoms with Crippen LogP contribution in [0.2, 0.25) is 0 Å². The molecule has 0 aromatic heterocycles. The Morgan fingerprint density at radius 3 is 2.63 bits per heavy atom. The molecule has 0 aliphatic carbocycles. The van der Waals surface area contributed by atoms with Crippen LogP contribution in [0.25, 0.3) is 0 Å². The molecule has 4 heteroatoms. The van der Waals surface area contributed by atoms with Gasteiger partial charge in [-0.15, -0.1) is 0 Å². The number of hydrogen-bond acceptors (Lipinski definition) is 4. The van der Waals surface area contributed by atoms with Gasteiger partial charge in [-0.3, -0.25) is 5.01 Å². The van der Waals surface area contributed by atoms with Gasteiger partial charge in [0.25, 0.3) is 0 Å². The van der Waals surface area contributed by atoms with Crippen molar-refractivity contribution in [2.75, 3.05) is 0 Å². The molecule has 0 amide bonds. The van der Waals surface area contributed by atoms with E-state index in [1.54, 1.807) is 11.2 Å². The molecule has 0 spiro atoms. The Bertz CT molecular complexity index is 604. The minimum Gasteiger partial charge on any atom is -0.256 e. The number of nitriles is 2. The molecule has 0 saturated carbocycles. The van der Waals surface area contributed by atoms with Crippen LogP contribution < -0.4 is 0 Å². The van der Waals surface area contributed by atoms with Crippen LogP contribution in [0.5, 0.6) is 0 Å². The Hall–Kier alpha value is -2.59. The van der Waals surface area contributed by atoms with Crippen molar-refractivity contribution in [1.29, 1.82) is 10.5 Å². The summed E-state index contributed by atoms with van der Waals surface area (Å²) in [5.74, 6) is -0.145. The minimum absolute atomic E-state index is 0.0227. The van der Waals surface area contributed by atoms with Gasteiger partial charge in [0.05, 0.1) is 6.04 Å². The van der Waals surface area contributed by atoms with Crippen molar-refractivity contribution in [3.05, 3.63) is 48.0 Å². The Labute approximate surface area is 111 Å². The van der Waals surface area contributed by atoms with Crippen LogP contribution in [0.1, 0.15) is 17.9 Å². The van der Waals surface area contributed by atoms with Gasteiger partial charge in [-0.2, -0.15) is 15.6 Å². The smallest absolute Gasteiger partial charge is 0.236 e. The summed E-state index contributed by atoms with van der Waals surface area (Å²) in [5.41, 5.74) is -0.198. The number of rotatable bonds is 1. The largest absolute Gasteiger partial charge is 0.256 e. The normalized spacial score (nSPS) is 26.5. The molecule has 0 bridgehead atoms. The lowest BCUT2D eigenvalue weighted by Crippen LogP contribution is -2.44. The van der Waals surface area contributed by atoms with E-state index in [0.717, 1.165) is 12.0 Å². The molecule has 4 nitrogen and oxygen atoms in total. The second-order valence-electron chi connectivity index (χ2n) is 4.75. The molecule has 19 heavy (non-hydrogen) atoms. The topological polar surface area (TPSA) is 63.2 Å². The first-order chi connectivity index (χ1) is 9.31. The van der Waals surface area contributed by atoms with Crippen LogP contribution in [0.15, 0.2) is 47.6 Å². The first-order valence-corrected chi connectivity index (χ1v) is 6.19. The molecule has 92 valence electrons. The number of fused-ring (bicyclic) bond motifs is 1. The summed E-state index contributed by atoms with van der Waals surface area (Å²) in [4.78, 5) is 0. The highest BCUT2D eigenvalue weighted by molar-refractivity contribution is 5.72. The summed E-state index contributed by atoms with van der Waals surface area (Å²) in [5, 5.41) is 25.0. The lowest BCUT2D eigenvalue weighted by atomic mass is 9.82. The molecule has 1 aromatic rings. The third-order valence-corrected chi connectivity index (χ3v) is 3.81. The fourth-order valence-electron chi connectivity index (χ4n) is 2.90. The molecule has 0 unspecified atom stereocenters. The van der Waals surface area contributed by atoms with Crippen LogP contribution in [-0.4, -0.2) is 22.8 Å². The predicted octanol–water partition coefficient (Wildman–Crippen LogP) is 2.19. The highest BCUT2D eigenvalue weighted by Gasteiger charge is 2.55. The standard InChI is InChI=1S/C15H12N4/c16-10-15(11-17)14(12-5-2-1-3-6-12)9-13-7-4-8-18-19(13)15/h1-8,13-14H,9H2/t13-,14-/m0/s1. The van der Waals surface area contributed by atoms with Crippen LogP contribution in [0.4, 0.5) is 0 Å². The zero-order valence-corrected chi connectivity index (χ0v) is 10.3. The van der Waals surface area contributed by atoms with Gasteiger partial charge in [0, 0.05) is 12.1 Å². The predicted molar refractivity (Wildman–Crippen MR) is 71.0 cm³/mol. The van der Waals surface area contributed by atoms with E-state index in [-0.39, 0.29) is 12.0 Å². The summed E-state index contributed by atoms with van der Waals surface area (Å²) in [7, 11) is 0. The number of hydrogen-bond donors (Lipinski definition) is 0. The molecule has 2 heterocycles. The van der Waals surface area contributed by atoms with Gasteiger partial charge < -0.3 is 0 Å². The van der Waals surface area contributed by atoms with Crippen molar-refractivity contribution in [1.82, 2.24) is 5.01 Å². The van der Waals surface area contributed by atoms with Crippen molar-refractivity contribution in [2.45, 2.75) is 23.9 Å². The fraction of sp³-hybridized carbons (Fsp3) is 0.267. The maximum Gasteiger partial charge on any atom is 0.236 e. The quantitative estimate of drug-likeness (QED) is 0.765. The van der Waals surface area contributed by atoms with Crippen LogP contribution in [0.3, 0.4) is 0 Å². The SMILES string of the molecule is N#CC1(C#N)[C@H](c2ccccc2)C[C@@H]2C=CC=NN21. The van der Waals surface area contributed by atoms with Gasteiger partial charge in [0.1, 0.15) is 12.1 Å². The van der Waals surface area contributed by atoms with E-state index in [9.17, 15) is 10.5 Å². The molecular formula is C15H12N4. The maximum absolute atomic E-state index is 9.58. The highest BCUT2D eigenvalue weighted by atomic mass is 15.5. The van der Waals surface area contributed by atoms with Gasteiger partial charge in [-0.25, -0.2) is 0 Å². The number of nitrogens with zero attached hydrogens (tertiary/aromatic N) is 4. The van der Waals surface area contributed by atoms with Gasteiger partial charge in [-0.05, 0) is 18.1 Å². The van der Waals surface area contributed by atoms with Crippen LogP contribution in [0, 0.1) is 22.7 Å². The number of benzene rings is 1. The fourth-order valence-corrected chi connectivity index (χ4v) is 2.90. The molecule has 1 aromatic carbocycles. The average molecular weight is 248 g/mol. The zero-order valence-electron chi connectivity index (χ0n) is 10.3. The molecule has 1 saturated heterocycles. The summed E-state index contributed by atoms with van der Waals surface area (Å²) in [6.45, 7) is 0. The van der Waals surface area contributed by atoms with E-state index in [1.165, 1.54) is 0 Å². The molecule has 2 atom stereocenters. The lowest BCUT2D eigenvalue weighted by Gasteiger charge is -2.30. The Kier molecular flexibility index (Phi) is 2.58. The highest BCUT2D eigenvalue weighted by Crippen LogP contribution is 2.46. The van der Waals surface area contributed by atoms with E-state index < -0.39 is 5.54 Å². The monoisotopic (exact) mass is 248 g/mol. The minimum atomic E-state index is -1.21. The van der Waals surface area contributed by atoms with Crippen LogP contribution in [-0.2, 0) is 0 Å². The molecule has 2 aliphatic heterocycles. The van der Waals surface area contributed by atoms with Gasteiger partial charge in [0.2, 0.25) is 5.54 Å². The van der Waals surface area contributed by atoms with Crippen molar-refractivity contribution < 1.29 is 0 Å². The molecule has 1 fully saturated rings. The average Bonchev–Trinajstić information content (AvgIpc) is 2.83. The van der Waals surface area contributed by atoms with Gasteiger partial charge in [0.15, 0.2) is 0 Å². The summed E-state index contributed by atoms with van der Waals surface area (Å²) >= 11 is 0. The third kappa shape index (κ3) is 1.54. The van der Waals surface area contributed by atoms with Gasteiger partial charge >= 0.3 is 0 Å². The summed E-state index contributed by atoms with van der Waals surface area (Å²) in [6, 6.07) is 14.2. The van der Waals surface area contributed by atoms with E-state index in [0.29, 0.717) is 0 Å². The third-order valence-electron chi connectivity index (χ3n) is 3.81. The van der Waals surface area contributed by atoms with Crippen molar-refractivity contribution in [2.24, 2.45) is 5.10 Å². The molecule has 2 aliphatic rings. The first-order valence-electron chi connectivity index (χ1n) is 6.19. The molecular weight excluding hydrogens is 236 g/mol. The van der Waals surface area contributed by atoms with Crippen molar-refractivity contribution >= 4 is 6.21 Å². The number of hydrazone groups is 1. The van der Waals surface area contributed by atoms with Crippen molar-refractivity contribution in [3.8, 4) is 12.1 Å². The molecule has 3 rings (SSSR count). The molecule has 0 N–H and O–H groups in total. The van der Waals surface area contributed by atoms with E-state index in [4.69, 9.17) is 0 Å². The molecule has 0 radical (unpaired) electrons. The van der Waals surface area contributed by atoms with Gasteiger partial charge in [-0.1, -0.05) is 36.4 Å². The number of allylic oxidation sites excluding steroid dienone is 1. The Balaban J connectivity index is 2.11. The van der Waals surface area contributed by atoms with E-state index in [2.05, 4.69) is 17.2 Å². The summed E-state index contributed by atoms with van der Waals surface area (Å²) < 4.78 is 0.